The molecule has 31 heavy (non-hydrogen) atoms. The highest BCUT2D eigenvalue weighted by molar-refractivity contribution is 5.80. The second-order valence-electron chi connectivity index (χ2n) is 8.61. The van der Waals surface area contributed by atoms with Crippen LogP contribution in [-0.2, 0) is 22.4 Å². The number of carbonyl (C=O) groups is 2. The molecule has 3 rings (SSSR count). The molecule has 0 bridgehead atoms. The van der Waals surface area contributed by atoms with Gasteiger partial charge in [0.05, 0.1) is 6.42 Å². The number of aliphatic carboxylic acids is 1. The van der Waals surface area contributed by atoms with Crippen molar-refractivity contribution in [3.8, 4) is 0 Å². The number of hydrogen-bond acceptors (Lipinski definition) is 6. The van der Waals surface area contributed by atoms with Crippen LogP contribution in [0, 0.1) is 0 Å². The van der Waals surface area contributed by atoms with Gasteiger partial charge in [-0.2, -0.15) is 0 Å². The highest BCUT2D eigenvalue weighted by Crippen LogP contribution is 2.25. The van der Waals surface area contributed by atoms with E-state index >= 15 is 0 Å². The zero-order chi connectivity index (χ0) is 22.2. The Morgan fingerprint density at radius 3 is 2.61 bits per heavy atom. The number of anilines is 1. The Bertz CT molecular complexity index is 896. The van der Waals surface area contributed by atoms with Crippen LogP contribution in [0.1, 0.15) is 86.9 Å². The van der Waals surface area contributed by atoms with E-state index in [4.69, 9.17) is 4.98 Å². The molecule has 7 nitrogen and oxygen atoms in total. The highest BCUT2D eigenvalue weighted by Gasteiger charge is 2.20. The number of rotatable bonds is 11. The molecule has 0 saturated heterocycles. The molecule has 0 amide bonds. The van der Waals surface area contributed by atoms with Crippen LogP contribution in [0.4, 0.5) is 5.82 Å². The Kier molecular flexibility index (Phi) is 8.09. The number of ketones is 1. The van der Waals surface area contributed by atoms with Crippen molar-refractivity contribution in [2.75, 3.05) is 11.9 Å². The SMILES string of the molecule is CC(C)c1ncc([C@@H](CC(=O)O)CC(=O)CCCCc2ccc3c(n2)NCCC3)cn1. The lowest BCUT2D eigenvalue weighted by Crippen LogP contribution is -2.14. The fourth-order valence-electron chi connectivity index (χ4n) is 3.89. The summed E-state index contributed by atoms with van der Waals surface area (Å²) in [6.07, 6.45) is 8.61. The lowest BCUT2D eigenvalue weighted by Gasteiger charge is -2.17. The quantitative estimate of drug-likeness (QED) is 0.519. The smallest absolute Gasteiger partial charge is 0.303 e. The first-order valence-corrected chi connectivity index (χ1v) is 11.2. The molecule has 0 fully saturated rings. The van der Waals surface area contributed by atoms with Gasteiger partial charge in [-0.15, -0.1) is 0 Å². The lowest BCUT2D eigenvalue weighted by molar-refractivity contribution is -0.137. The monoisotopic (exact) mass is 424 g/mol. The average Bonchev–Trinajstić information content (AvgIpc) is 2.76. The fraction of sp³-hybridized carbons (Fsp3) is 0.542. The normalized spacial score (nSPS) is 14.0. The zero-order valence-corrected chi connectivity index (χ0v) is 18.4. The maximum Gasteiger partial charge on any atom is 0.303 e. The van der Waals surface area contributed by atoms with Gasteiger partial charge < -0.3 is 10.4 Å². The number of carbonyl (C=O) groups excluding carboxylic acids is 1. The molecule has 1 aliphatic heterocycles. The summed E-state index contributed by atoms with van der Waals surface area (Å²) in [4.78, 5) is 37.2. The van der Waals surface area contributed by atoms with Crippen molar-refractivity contribution in [2.45, 2.75) is 77.0 Å². The maximum absolute atomic E-state index is 12.5. The Labute approximate surface area is 183 Å². The van der Waals surface area contributed by atoms with E-state index in [-0.39, 0.29) is 30.5 Å². The number of nitrogens with one attached hydrogen (secondary N) is 1. The van der Waals surface area contributed by atoms with E-state index in [2.05, 4.69) is 27.4 Å². The van der Waals surface area contributed by atoms with Crippen molar-refractivity contribution in [2.24, 2.45) is 0 Å². The van der Waals surface area contributed by atoms with Crippen LogP contribution >= 0.6 is 0 Å². The molecular formula is C24H32N4O3. The Balaban J connectivity index is 1.48. The molecule has 2 aromatic heterocycles. The van der Waals surface area contributed by atoms with Gasteiger partial charge in [0.1, 0.15) is 17.4 Å². The number of fused-ring (bicyclic) bond motifs is 1. The summed E-state index contributed by atoms with van der Waals surface area (Å²) in [6, 6.07) is 4.23. The van der Waals surface area contributed by atoms with E-state index in [9.17, 15) is 14.7 Å². The summed E-state index contributed by atoms with van der Waals surface area (Å²) in [7, 11) is 0. The topological polar surface area (TPSA) is 105 Å². The molecule has 0 aromatic carbocycles. The molecule has 7 heteroatoms. The van der Waals surface area contributed by atoms with Gasteiger partial charge in [-0.05, 0) is 49.3 Å². The largest absolute Gasteiger partial charge is 0.481 e. The van der Waals surface area contributed by atoms with Crippen LogP contribution in [0.15, 0.2) is 24.5 Å². The predicted octanol–water partition coefficient (Wildman–Crippen LogP) is 4.28. The van der Waals surface area contributed by atoms with Crippen molar-refractivity contribution >= 4 is 17.6 Å². The van der Waals surface area contributed by atoms with Crippen molar-refractivity contribution < 1.29 is 14.7 Å². The summed E-state index contributed by atoms with van der Waals surface area (Å²) in [5.74, 6) is 0.697. The summed E-state index contributed by atoms with van der Waals surface area (Å²) in [5, 5.41) is 12.6. The Morgan fingerprint density at radius 2 is 1.90 bits per heavy atom. The molecule has 2 aromatic rings. The van der Waals surface area contributed by atoms with Gasteiger partial charge >= 0.3 is 5.97 Å². The van der Waals surface area contributed by atoms with Gasteiger partial charge in [-0.25, -0.2) is 15.0 Å². The lowest BCUT2D eigenvalue weighted by atomic mass is 9.91. The molecule has 3 heterocycles. The van der Waals surface area contributed by atoms with E-state index in [1.165, 1.54) is 5.56 Å². The zero-order valence-electron chi connectivity index (χ0n) is 18.4. The second kappa shape index (κ2) is 11.0. The summed E-state index contributed by atoms with van der Waals surface area (Å²) in [5.41, 5.74) is 3.04. The molecule has 1 aliphatic rings. The van der Waals surface area contributed by atoms with E-state index in [0.29, 0.717) is 12.0 Å². The van der Waals surface area contributed by atoms with E-state index in [1.807, 2.05) is 13.8 Å². The maximum atomic E-state index is 12.5. The van der Waals surface area contributed by atoms with Crippen molar-refractivity contribution in [3.63, 3.8) is 0 Å². The number of pyridine rings is 1. The average molecular weight is 425 g/mol. The molecule has 0 spiro atoms. The molecule has 0 saturated carbocycles. The van der Waals surface area contributed by atoms with E-state index in [0.717, 1.165) is 56.0 Å². The number of Topliss-reactive ketones (excluding diaryl/α,β-unsaturated/α-hetero) is 1. The first-order chi connectivity index (χ1) is 14.9. The van der Waals surface area contributed by atoms with Gasteiger partial charge in [0.25, 0.3) is 0 Å². The Hall–Kier alpha value is -2.83. The van der Waals surface area contributed by atoms with Crippen molar-refractivity contribution in [1.82, 2.24) is 15.0 Å². The van der Waals surface area contributed by atoms with Gasteiger partial charge in [0, 0.05) is 49.3 Å². The number of nitrogens with zero attached hydrogens (tertiary/aromatic N) is 3. The number of carboxylic acid groups (broad SMARTS) is 1. The third-order valence-corrected chi connectivity index (χ3v) is 5.67. The summed E-state index contributed by atoms with van der Waals surface area (Å²) >= 11 is 0. The van der Waals surface area contributed by atoms with Crippen LogP contribution in [0.5, 0.6) is 0 Å². The summed E-state index contributed by atoms with van der Waals surface area (Å²) in [6.45, 7) is 4.98. The minimum Gasteiger partial charge on any atom is -0.481 e. The minimum absolute atomic E-state index is 0.0826. The number of unbranched alkanes of at least 4 members (excludes halogenated alkanes) is 1. The van der Waals surface area contributed by atoms with Gasteiger partial charge in [0.15, 0.2) is 0 Å². The van der Waals surface area contributed by atoms with E-state index < -0.39 is 5.97 Å². The minimum atomic E-state index is -0.919. The van der Waals surface area contributed by atoms with Crippen molar-refractivity contribution in [3.05, 3.63) is 47.2 Å². The molecule has 1 atom stereocenters. The molecule has 166 valence electrons. The second-order valence-corrected chi connectivity index (χ2v) is 8.61. The third-order valence-electron chi connectivity index (χ3n) is 5.67. The molecule has 2 N–H and O–H groups in total. The standard InChI is InChI=1S/C24H32N4O3/c1-16(2)23-26-14-19(15-27-23)18(13-22(30)31)12-21(29)8-4-3-7-20-10-9-17-6-5-11-25-24(17)28-20/h9-10,14-16,18H,3-8,11-13H2,1-2H3,(H,25,28)(H,30,31)/t18-/m1/s1. The van der Waals surface area contributed by atoms with Gasteiger partial charge in [-0.3, -0.25) is 9.59 Å². The predicted molar refractivity (Wildman–Crippen MR) is 119 cm³/mol. The first-order valence-electron chi connectivity index (χ1n) is 11.2. The van der Waals surface area contributed by atoms with Crippen molar-refractivity contribution in [1.29, 1.82) is 0 Å². The van der Waals surface area contributed by atoms with Gasteiger partial charge in [0.2, 0.25) is 0 Å². The van der Waals surface area contributed by atoms with Crippen LogP contribution in [0.2, 0.25) is 0 Å². The van der Waals surface area contributed by atoms with Crippen LogP contribution in [0.3, 0.4) is 0 Å². The van der Waals surface area contributed by atoms with Gasteiger partial charge in [-0.1, -0.05) is 19.9 Å². The van der Waals surface area contributed by atoms with Crippen LogP contribution < -0.4 is 5.32 Å². The number of carboxylic acids is 1. The number of aryl methyl sites for hydroxylation is 2. The highest BCUT2D eigenvalue weighted by atomic mass is 16.4. The van der Waals surface area contributed by atoms with Crippen LogP contribution in [0.25, 0.3) is 0 Å². The molecule has 0 aliphatic carbocycles. The first kappa shape index (κ1) is 22.8. The van der Waals surface area contributed by atoms with E-state index in [1.54, 1.807) is 12.4 Å². The fourth-order valence-corrected chi connectivity index (χ4v) is 3.89. The molecular weight excluding hydrogens is 392 g/mol. The molecule has 0 unspecified atom stereocenters. The van der Waals surface area contributed by atoms with Crippen LogP contribution in [-0.4, -0.2) is 38.4 Å². The number of hydrogen-bond donors (Lipinski definition) is 2. The molecule has 0 radical (unpaired) electrons. The Morgan fingerprint density at radius 1 is 1.13 bits per heavy atom. The number of aromatic nitrogens is 3. The third kappa shape index (κ3) is 6.84. The summed E-state index contributed by atoms with van der Waals surface area (Å²) < 4.78 is 0.